The van der Waals surface area contributed by atoms with Crippen LogP contribution in [0.2, 0.25) is 5.02 Å². The van der Waals surface area contributed by atoms with E-state index < -0.39 is 47.8 Å². The summed E-state index contributed by atoms with van der Waals surface area (Å²) in [6.07, 6.45) is 0.261. The van der Waals surface area contributed by atoms with Crippen molar-refractivity contribution in [3.63, 3.8) is 0 Å². The molecule has 2 heterocycles. The molecule has 1 aliphatic rings. The minimum atomic E-state index is -1.79. The van der Waals surface area contributed by atoms with Crippen molar-refractivity contribution in [3.8, 4) is 0 Å². The van der Waals surface area contributed by atoms with Gasteiger partial charge in [-0.1, -0.05) is 29.8 Å². The minimum absolute atomic E-state index is 0.0412. The third-order valence-corrected chi connectivity index (χ3v) is 7.20. The maximum Gasteiger partial charge on any atom is 0.407 e. The monoisotopic (exact) mass is 649 g/mol. The van der Waals surface area contributed by atoms with Gasteiger partial charge in [-0.05, 0) is 45.2 Å². The van der Waals surface area contributed by atoms with Gasteiger partial charge in [0, 0.05) is 43.2 Å². The highest BCUT2D eigenvalue weighted by Crippen LogP contribution is 2.32. The first kappa shape index (κ1) is 35.3. The van der Waals surface area contributed by atoms with Crippen molar-refractivity contribution in [2.45, 2.75) is 70.9 Å². The molecule has 2 amide bonds. The van der Waals surface area contributed by atoms with Crippen LogP contribution < -0.4 is 15.5 Å². The van der Waals surface area contributed by atoms with Crippen molar-refractivity contribution in [3.05, 3.63) is 46.1 Å². The number of rotatable bonds is 12. The number of hydrogen-bond acceptors (Lipinski definition) is 11. The van der Waals surface area contributed by atoms with Gasteiger partial charge >= 0.3 is 18.0 Å². The number of piperidine rings is 1. The van der Waals surface area contributed by atoms with Crippen LogP contribution in [0.25, 0.3) is 0 Å². The average Bonchev–Trinajstić information content (AvgIpc) is 3.33. The molecule has 1 unspecified atom stereocenters. The van der Waals surface area contributed by atoms with Crippen molar-refractivity contribution in [1.82, 2.24) is 20.4 Å². The molecule has 14 nitrogen and oxygen atoms in total. The Morgan fingerprint density at radius 1 is 1.09 bits per heavy atom. The Kier molecular flexibility index (Phi) is 12.3. The van der Waals surface area contributed by atoms with Crippen LogP contribution in [0.1, 0.15) is 61.6 Å². The lowest BCUT2D eigenvalue weighted by Gasteiger charge is -2.35. The number of aromatic nitrogens is 2. The summed E-state index contributed by atoms with van der Waals surface area (Å²) in [5, 5.41) is 10.3. The van der Waals surface area contributed by atoms with Gasteiger partial charge in [-0.25, -0.2) is 14.3 Å². The number of hydrogen-bond donors (Lipinski definition) is 2. The van der Waals surface area contributed by atoms with Gasteiger partial charge in [0.05, 0.1) is 14.2 Å². The van der Waals surface area contributed by atoms with Gasteiger partial charge in [0.2, 0.25) is 0 Å². The summed E-state index contributed by atoms with van der Waals surface area (Å²) in [6.45, 7) is 6.24. The molecule has 0 radical (unpaired) electrons. The Morgan fingerprint density at radius 3 is 2.42 bits per heavy atom. The molecule has 1 aromatic carbocycles. The van der Waals surface area contributed by atoms with Crippen LogP contribution in [0.15, 0.2) is 24.3 Å². The fourth-order valence-corrected chi connectivity index (χ4v) is 5.10. The van der Waals surface area contributed by atoms with Crippen molar-refractivity contribution in [1.29, 1.82) is 0 Å². The number of anilines is 1. The van der Waals surface area contributed by atoms with E-state index in [1.54, 1.807) is 39.0 Å². The zero-order valence-corrected chi connectivity index (χ0v) is 27.1. The number of amides is 2. The summed E-state index contributed by atoms with van der Waals surface area (Å²) in [6, 6.07) is 5.05. The molecule has 1 saturated heterocycles. The molecular formula is C30H40ClN5O9. The Morgan fingerprint density at radius 2 is 1.80 bits per heavy atom. The van der Waals surface area contributed by atoms with E-state index in [2.05, 4.69) is 20.5 Å². The molecule has 0 bridgehead atoms. The number of carbonyl (C=O) groups is 5. The number of esters is 2. The minimum Gasteiger partial charge on any atom is -0.469 e. The lowest BCUT2D eigenvalue weighted by molar-refractivity contribution is -0.148. The second-order valence-electron chi connectivity index (χ2n) is 11.4. The summed E-state index contributed by atoms with van der Waals surface area (Å²) in [5.41, 5.74) is 0.377. The lowest BCUT2D eigenvalue weighted by atomic mass is 10.0. The van der Waals surface area contributed by atoms with Crippen molar-refractivity contribution in [2.75, 3.05) is 39.3 Å². The Balaban J connectivity index is 2.05. The summed E-state index contributed by atoms with van der Waals surface area (Å²) in [5.74, 6) is -3.18. The number of carbonyl (C=O) groups excluding carboxylic acids is 5. The number of benzene rings is 1. The van der Waals surface area contributed by atoms with Gasteiger partial charge in [-0.3, -0.25) is 14.4 Å². The summed E-state index contributed by atoms with van der Waals surface area (Å²) < 4.78 is 21.6. The zero-order valence-electron chi connectivity index (χ0n) is 26.3. The molecule has 0 saturated carbocycles. The average molecular weight is 650 g/mol. The quantitative estimate of drug-likeness (QED) is 0.197. The van der Waals surface area contributed by atoms with Gasteiger partial charge < -0.3 is 34.5 Å². The summed E-state index contributed by atoms with van der Waals surface area (Å²) >= 11 is 6.52. The maximum absolute atomic E-state index is 13.8. The number of nitrogens with one attached hydrogen (secondary N) is 2. The van der Waals surface area contributed by atoms with Gasteiger partial charge in [0.15, 0.2) is 17.5 Å². The number of methoxy groups -OCH3 is 3. The summed E-state index contributed by atoms with van der Waals surface area (Å²) in [7, 11) is 3.63. The highest BCUT2D eigenvalue weighted by molar-refractivity contribution is 6.31. The van der Waals surface area contributed by atoms with E-state index in [9.17, 15) is 24.0 Å². The van der Waals surface area contributed by atoms with Crippen LogP contribution in [0.5, 0.6) is 0 Å². The fraction of sp³-hybridized carbons (Fsp3) is 0.533. The number of ether oxygens (including phenoxy) is 4. The molecule has 1 aromatic heterocycles. The van der Waals surface area contributed by atoms with Crippen LogP contribution in [0, 0.1) is 0 Å². The van der Waals surface area contributed by atoms with Crippen LogP contribution >= 0.6 is 11.6 Å². The fourth-order valence-electron chi connectivity index (χ4n) is 4.90. The first-order valence-electron chi connectivity index (χ1n) is 14.3. The molecule has 0 aliphatic carbocycles. The maximum atomic E-state index is 13.8. The van der Waals surface area contributed by atoms with Crippen LogP contribution in [0.4, 0.5) is 10.6 Å². The zero-order chi connectivity index (χ0) is 33.3. The van der Waals surface area contributed by atoms with E-state index >= 15 is 0 Å². The van der Waals surface area contributed by atoms with Gasteiger partial charge in [0.25, 0.3) is 5.91 Å². The molecule has 0 spiro atoms. The number of ketones is 1. The molecule has 15 heteroatoms. The number of Topliss-reactive ketones (excluding diaryl/α,β-unsaturated/α-hetero) is 1. The lowest BCUT2D eigenvalue weighted by Crippen LogP contribution is -2.49. The van der Waals surface area contributed by atoms with Crippen LogP contribution in [0.3, 0.4) is 0 Å². The molecule has 1 aliphatic heterocycles. The second-order valence-corrected chi connectivity index (χ2v) is 11.8. The van der Waals surface area contributed by atoms with E-state index in [1.165, 1.54) is 11.8 Å². The number of halogens is 1. The van der Waals surface area contributed by atoms with E-state index in [1.807, 2.05) is 11.0 Å². The number of nitrogens with zero attached hydrogens (tertiary/aromatic N) is 3. The van der Waals surface area contributed by atoms with Gasteiger partial charge in [0.1, 0.15) is 24.6 Å². The highest BCUT2D eigenvalue weighted by atomic mass is 35.5. The molecule has 246 valence electrons. The number of alkyl carbamates (subject to hydrolysis) is 1. The van der Waals surface area contributed by atoms with Crippen LogP contribution in [-0.4, -0.2) is 91.6 Å². The first-order chi connectivity index (χ1) is 21.3. The first-order valence-corrected chi connectivity index (χ1v) is 14.7. The standard InChI is InChI=1S/C30H40ClN5O9/c1-30(2,3)45-29(41)32-19-11-9-13-35(16-19)27-20(14-18-10-7-8-12-21(18)31)24(34-36(27)17-42-4)26(39)33-25(28(40)44-6)22(37)15-23(38)43-5/h7-8,10,12,19,25H,9,11,13-17H2,1-6H3,(H,32,41)(H,33,39)/t19-,25?/m1/s1. The smallest absolute Gasteiger partial charge is 0.407 e. The molecular weight excluding hydrogens is 610 g/mol. The normalized spacial score (nSPS) is 15.5. The Bertz CT molecular complexity index is 1400. The SMILES string of the molecule is COCn1nc(C(=O)NC(C(=O)CC(=O)OC)C(=O)OC)c(Cc2ccccc2Cl)c1N1CCC[C@@H](NC(=O)OC(C)(C)C)C1. The van der Waals surface area contributed by atoms with E-state index in [0.717, 1.165) is 14.2 Å². The highest BCUT2D eigenvalue weighted by Gasteiger charge is 2.35. The topological polar surface area (TPSA) is 167 Å². The Hall–Kier alpha value is -4.17. The van der Waals surface area contributed by atoms with Crippen LogP contribution in [-0.2, 0) is 46.5 Å². The molecule has 45 heavy (non-hydrogen) atoms. The molecule has 2 atom stereocenters. The molecule has 3 rings (SSSR count). The predicted molar refractivity (Wildman–Crippen MR) is 163 cm³/mol. The predicted octanol–water partition coefficient (Wildman–Crippen LogP) is 2.63. The molecule has 2 N–H and O–H groups in total. The van der Waals surface area contributed by atoms with Crippen molar-refractivity contribution in [2.24, 2.45) is 0 Å². The van der Waals surface area contributed by atoms with E-state index in [0.29, 0.717) is 47.9 Å². The van der Waals surface area contributed by atoms with Crippen molar-refractivity contribution < 1.29 is 42.9 Å². The van der Waals surface area contributed by atoms with Crippen molar-refractivity contribution >= 4 is 47.1 Å². The molecule has 2 aromatic rings. The second kappa shape index (κ2) is 15.7. The summed E-state index contributed by atoms with van der Waals surface area (Å²) in [4.78, 5) is 65.4. The van der Waals surface area contributed by atoms with E-state index in [4.69, 9.17) is 25.8 Å². The molecule has 1 fully saturated rings. The van der Waals surface area contributed by atoms with E-state index in [-0.39, 0.29) is 24.9 Å². The third kappa shape index (κ3) is 9.66. The Labute approximate surface area is 266 Å². The van der Waals surface area contributed by atoms with Gasteiger partial charge in [-0.2, -0.15) is 5.10 Å². The third-order valence-electron chi connectivity index (χ3n) is 6.83. The largest absolute Gasteiger partial charge is 0.469 e. The van der Waals surface area contributed by atoms with Gasteiger partial charge in [-0.15, -0.1) is 0 Å².